The molecule has 5 heteroatoms. The van der Waals surface area contributed by atoms with Crippen LogP contribution in [0.3, 0.4) is 0 Å². The molecule has 1 fully saturated rings. The van der Waals surface area contributed by atoms with Crippen LogP contribution in [0.15, 0.2) is 60.7 Å². The molecule has 0 aliphatic carbocycles. The van der Waals surface area contributed by atoms with Gasteiger partial charge in [-0.25, -0.2) is 0 Å². The molecule has 0 unspecified atom stereocenters. The van der Waals surface area contributed by atoms with E-state index in [9.17, 15) is 4.79 Å². The van der Waals surface area contributed by atoms with Gasteiger partial charge < -0.3 is 5.32 Å². The van der Waals surface area contributed by atoms with Crippen LogP contribution in [0.25, 0.3) is 10.8 Å². The standard InChI is InChI=1S/C24H24Cl2N2O/c25-22-6-3-7-23(26)21(22)16-28-12-10-19(11-13-28)24(29)27-15-17-8-9-18-4-1-2-5-20(18)14-17/h1-9,14,19H,10-13,15-16H2,(H,27,29). The molecule has 0 atom stereocenters. The minimum Gasteiger partial charge on any atom is -0.352 e. The first kappa shape index (κ1) is 20.2. The van der Waals surface area contributed by atoms with Crippen molar-refractivity contribution < 1.29 is 4.79 Å². The Hall–Kier alpha value is -2.07. The van der Waals surface area contributed by atoms with E-state index in [-0.39, 0.29) is 11.8 Å². The van der Waals surface area contributed by atoms with Gasteiger partial charge in [-0.05, 0) is 60.5 Å². The maximum Gasteiger partial charge on any atom is 0.223 e. The quantitative estimate of drug-likeness (QED) is 0.569. The van der Waals surface area contributed by atoms with E-state index in [4.69, 9.17) is 23.2 Å². The third-order valence-electron chi connectivity index (χ3n) is 5.68. The molecular formula is C24H24Cl2N2O. The lowest BCUT2D eigenvalue weighted by atomic mass is 9.95. The van der Waals surface area contributed by atoms with Gasteiger partial charge in [-0.15, -0.1) is 0 Å². The fourth-order valence-electron chi connectivity index (χ4n) is 3.94. The van der Waals surface area contributed by atoms with E-state index in [1.807, 2.05) is 30.3 Å². The zero-order valence-electron chi connectivity index (χ0n) is 16.2. The van der Waals surface area contributed by atoms with Gasteiger partial charge in [0.15, 0.2) is 0 Å². The van der Waals surface area contributed by atoms with Gasteiger partial charge in [0.05, 0.1) is 0 Å². The number of nitrogens with one attached hydrogen (secondary N) is 1. The number of carbonyl (C=O) groups is 1. The first-order valence-corrected chi connectivity index (χ1v) is 10.8. The fraction of sp³-hybridized carbons (Fsp3) is 0.292. The van der Waals surface area contributed by atoms with Crippen molar-refractivity contribution in [3.63, 3.8) is 0 Å². The second kappa shape index (κ2) is 9.17. The van der Waals surface area contributed by atoms with Crippen molar-refractivity contribution in [1.82, 2.24) is 10.2 Å². The van der Waals surface area contributed by atoms with Gasteiger partial charge >= 0.3 is 0 Å². The molecule has 4 rings (SSSR count). The van der Waals surface area contributed by atoms with Crippen LogP contribution in [0.4, 0.5) is 0 Å². The summed E-state index contributed by atoms with van der Waals surface area (Å²) in [6, 6.07) is 20.2. The van der Waals surface area contributed by atoms with E-state index >= 15 is 0 Å². The smallest absolute Gasteiger partial charge is 0.223 e. The average molecular weight is 427 g/mol. The van der Waals surface area contributed by atoms with Crippen LogP contribution >= 0.6 is 23.2 Å². The molecule has 0 bridgehead atoms. The van der Waals surface area contributed by atoms with Gasteiger partial charge in [0.1, 0.15) is 0 Å². The summed E-state index contributed by atoms with van der Waals surface area (Å²) < 4.78 is 0. The number of hydrogen-bond acceptors (Lipinski definition) is 2. The number of rotatable bonds is 5. The Labute approximate surface area is 181 Å². The maximum atomic E-state index is 12.6. The Morgan fingerprint density at radius 1 is 0.931 bits per heavy atom. The lowest BCUT2D eigenvalue weighted by Gasteiger charge is -2.31. The third kappa shape index (κ3) is 4.92. The molecule has 0 spiro atoms. The highest BCUT2D eigenvalue weighted by Gasteiger charge is 2.25. The topological polar surface area (TPSA) is 32.3 Å². The molecule has 3 aromatic carbocycles. The number of likely N-dealkylation sites (tertiary alicyclic amines) is 1. The van der Waals surface area contributed by atoms with Gasteiger partial charge in [0.2, 0.25) is 5.91 Å². The lowest BCUT2D eigenvalue weighted by molar-refractivity contribution is -0.126. The number of amides is 1. The van der Waals surface area contributed by atoms with Gasteiger partial charge in [-0.3, -0.25) is 9.69 Å². The molecule has 150 valence electrons. The number of fused-ring (bicyclic) bond motifs is 1. The summed E-state index contributed by atoms with van der Waals surface area (Å²) in [6.07, 6.45) is 1.71. The van der Waals surface area contributed by atoms with Crippen LogP contribution in [0.1, 0.15) is 24.0 Å². The van der Waals surface area contributed by atoms with Crippen molar-refractivity contribution >= 4 is 39.9 Å². The molecule has 1 aliphatic heterocycles. The van der Waals surface area contributed by atoms with Crippen LogP contribution in [-0.4, -0.2) is 23.9 Å². The van der Waals surface area contributed by atoms with Gasteiger partial charge in [0.25, 0.3) is 0 Å². The lowest BCUT2D eigenvalue weighted by Crippen LogP contribution is -2.40. The summed E-state index contributed by atoms with van der Waals surface area (Å²) in [7, 11) is 0. The molecule has 3 nitrogen and oxygen atoms in total. The van der Waals surface area contributed by atoms with Crippen molar-refractivity contribution in [2.45, 2.75) is 25.9 Å². The van der Waals surface area contributed by atoms with Gasteiger partial charge in [0, 0.05) is 34.6 Å². The average Bonchev–Trinajstić information content (AvgIpc) is 2.75. The summed E-state index contributed by atoms with van der Waals surface area (Å²) in [5, 5.41) is 6.94. The molecule has 1 saturated heterocycles. The molecular weight excluding hydrogens is 403 g/mol. The van der Waals surface area contributed by atoms with Crippen molar-refractivity contribution in [1.29, 1.82) is 0 Å². The summed E-state index contributed by atoms with van der Waals surface area (Å²) in [6.45, 7) is 3.04. The van der Waals surface area contributed by atoms with Gasteiger partial charge in [-0.1, -0.05) is 65.7 Å². The Bertz CT molecular complexity index is 992. The van der Waals surface area contributed by atoms with Gasteiger partial charge in [-0.2, -0.15) is 0 Å². The molecule has 0 radical (unpaired) electrons. The van der Waals surface area contributed by atoms with E-state index in [1.165, 1.54) is 10.8 Å². The van der Waals surface area contributed by atoms with Crippen LogP contribution in [0.5, 0.6) is 0 Å². The zero-order chi connectivity index (χ0) is 20.2. The molecule has 0 saturated carbocycles. The predicted octanol–water partition coefficient (Wildman–Crippen LogP) is 5.68. The fourth-order valence-corrected chi connectivity index (χ4v) is 4.46. The molecule has 0 aromatic heterocycles. The van der Waals surface area contributed by atoms with Crippen molar-refractivity contribution in [2.24, 2.45) is 5.92 Å². The van der Waals surface area contributed by atoms with E-state index in [0.29, 0.717) is 16.6 Å². The Morgan fingerprint density at radius 3 is 2.34 bits per heavy atom. The second-order valence-corrected chi connectivity index (χ2v) is 8.46. The number of carbonyl (C=O) groups excluding carboxylic acids is 1. The predicted molar refractivity (Wildman–Crippen MR) is 120 cm³/mol. The largest absolute Gasteiger partial charge is 0.352 e. The molecule has 1 heterocycles. The highest BCUT2D eigenvalue weighted by atomic mass is 35.5. The van der Waals surface area contributed by atoms with Crippen molar-refractivity contribution in [3.8, 4) is 0 Å². The minimum atomic E-state index is 0.0634. The highest BCUT2D eigenvalue weighted by molar-refractivity contribution is 6.35. The Balaban J connectivity index is 1.28. The second-order valence-electron chi connectivity index (χ2n) is 7.65. The first-order valence-electron chi connectivity index (χ1n) is 10.0. The number of benzene rings is 3. The third-order valence-corrected chi connectivity index (χ3v) is 6.39. The van der Waals surface area contributed by atoms with E-state index in [0.717, 1.165) is 43.6 Å². The minimum absolute atomic E-state index is 0.0634. The SMILES string of the molecule is O=C(NCc1ccc2ccccc2c1)C1CCN(Cc2c(Cl)cccc2Cl)CC1. The van der Waals surface area contributed by atoms with Crippen molar-refractivity contribution in [3.05, 3.63) is 81.8 Å². The number of piperidine rings is 1. The summed E-state index contributed by atoms with van der Waals surface area (Å²) in [5.74, 6) is 0.210. The summed E-state index contributed by atoms with van der Waals surface area (Å²) in [5.41, 5.74) is 2.10. The monoisotopic (exact) mass is 426 g/mol. The Kier molecular flexibility index (Phi) is 6.39. The first-order chi connectivity index (χ1) is 14.1. The summed E-state index contributed by atoms with van der Waals surface area (Å²) >= 11 is 12.6. The highest BCUT2D eigenvalue weighted by Crippen LogP contribution is 2.27. The molecule has 3 aromatic rings. The van der Waals surface area contributed by atoms with E-state index < -0.39 is 0 Å². The number of hydrogen-bond donors (Lipinski definition) is 1. The number of nitrogens with zero attached hydrogens (tertiary/aromatic N) is 1. The van der Waals surface area contributed by atoms with Crippen LogP contribution in [0, 0.1) is 5.92 Å². The Morgan fingerprint density at radius 2 is 1.62 bits per heavy atom. The van der Waals surface area contributed by atoms with E-state index in [1.54, 1.807) is 0 Å². The van der Waals surface area contributed by atoms with Crippen LogP contribution in [-0.2, 0) is 17.9 Å². The molecule has 1 N–H and O–H groups in total. The van der Waals surface area contributed by atoms with Crippen LogP contribution < -0.4 is 5.32 Å². The molecule has 1 amide bonds. The molecule has 29 heavy (non-hydrogen) atoms. The van der Waals surface area contributed by atoms with E-state index in [2.05, 4.69) is 40.5 Å². The number of halogens is 2. The molecule has 1 aliphatic rings. The van der Waals surface area contributed by atoms with Crippen molar-refractivity contribution in [2.75, 3.05) is 13.1 Å². The summed E-state index contributed by atoms with van der Waals surface area (Å²) in [4.78, 5) is 15.0. The van der Waals surface area contributed by atoms with Crippen LogP contribution in [0.2, 0.25) is 10.0 Å². The maximum absolute atomic E-state index is 12.6. The normalized spacial score (nSPS) is 15.5. The zero-order valence-corrected chi connectivity index (χ0v) is 17.7.